The largest absolute Gasteiger partial charge is 0.465 e. The Morgan fingerprint density at radius 2 is 1.70 bits per heavy atom. The molecule has 1 saturated heterocycles. The summed E-state index contributed by atoms with van der Waals surface area (Å²) in [4.78, 5) is 27.3. The maximum absolute atomic E-state index is 12.1. The predicted octanol–water partition coefficient (Wildman–Crippen LogP) is 1.25. The Kier molecular flexibility index (Phi) is 4.57. The van der Waals surface area contributed by atoms with Gasteiger partial charge in [-0.2, -0.15) is 0 Å². The van der Waals surface area contributed by atoms with Crippen LogP contribution in [0.25, 0.3) is 0 Å². The molecule has 1 aliphatic heterocycles. The number of piperazine rings is 1. The molecule has 0 spiro atoms. The Hall–Kier alpha value is -2.08. The first-order valence-corrected chi connectivity index (χ1v) is 6.53. The van der Waals surface area contributed by atoms with Crippen molar-refractivity contribution in [2.24, 2.45) is 0 Å². The molecule has 0 unspecified atom stereocenters. The van der Waals surface area contributed by atoms with Gasteiger partial charge in [0.15, 0.2) is 0 Å². The normalized spacial score (nSPS) is 15.8. The second-order valence-electron chi connectivity index (χ2n) is 4.79. The number of esters is 1. The summed E-state index contributed by atoms with van der Waals surface area (Å²) in [5.74, 6) is -0.387. The first-order chi connectivity index (χ1) is 9.60. The van der Waals surface area contributed by atoms with Crippen LogP contribution in [0.3, 0.4) is 0 Å². The van der Waals surface area contributed by atoms with E-state index in [2.05, 4.69) is 15.0 Å². The number of methoxy groups -OCH3 is 1. The highest BCUT2D eigenvalue weighted by Crippen LogP contribution is 2.12. The van der Waals surface area contributed by atoms with Crippen LogP contribution < -0.4 is 5.32 Å². The third-order valence-electron chi connectivity index (χ3n) is 3.35. The Bertz CT molecular complexity index is 479. The average Bonchev–Trinajstić information content (AvgIpc) is 2.48. The van der Waals surface area contributed by atoms with Crippen LogP contribution in [0, 0.1) is 0 Å². The van der Waals surface area contributed by atoms with E-state index >= 15 is 0 Å². The molecule has 0 aromatic heterocycles. The fraction of sp³-hybridized carbons (Fsp3) is 0.429. The monoisotopic (exact) mass is 277 g/mol. The fourth-order valence-corrected chi connectivity index (χ4v) is 2.02. The summed E-state index contributed by atoms with van der Waals surface area (Å²) in [5.41, 5.74) is 1.13. The van der Waals surface area contributed by atoms with E-state index in [4.69, 9.17) is 0 Å². The van der Waals surface area contributed by atoms with Crippen molar-refractivity contribution in [2.45, 2.75) is 0 Å². The number of ether oxygens (including phenoxy) is 1. The average molecular weight is 277 g/mol. The molecule has 1 fully saturated rings. The molecular weight excluding hydrogens is 258 g/mol. The van der Waals surface area contributed by atoms with E-state index in [1.54, 1.807) is 29.2 Å². The molecule has 2 amide bonds. The number of nitrogens with one attached hydrogen (secondary N) is 1. The fourth-order valence-electron chi connectivity index (χ4n) is 2.02. The Morgan fingerprint density at radius 3 is 2.25 bits per heavy atom. The molecule has 108 valence electrons. The van der Waals surface area contributed by atoms with E-state index in [9.17, 15) is 9.59 Å². The van der Waals surface area contributed by atoms with E-state index in [0.717, 1.165) is 26.2 Å². The number of carbonyl (C=O) groups is 2. The number of amides is 2. The number of hydrogen-bond acceptors (Lipinski definition) is 4. The van der Waals surface area contributed by atoms with Crippen LogP contribution in [-0.2, 0) is 4.74 Å². The van der Waals surface area contributed by atoms with E-state index < -0.39 is 0 Å². The molecule has 0 aliphatic carbocycles. The zero-order valence-electron chi connectivity index (χ0n) is 11.8. The van der Waals surface area contributed by atoms with E-state index in [1.807, 2.05) is 7.05 Å². The van der Waals surface area contributed by atoms with E-state index in [0.29, 0.717) is 11.3 Å². The number of benzene rings is 1. The second kappa shape index (κ2) is 6.38. The lowest BCUT2D eigenvalue weighted by Crippen LogP contribution is -2.48. The topological polar surface area (TPSA) is 61.9 Å². The lowest BCUT2D eigenvalue weighted by Gasteiger charge is -2.32. The van der Waals surface area contributed by atoms with Gasteiger partial charge in [0.05, 0.1) is 12.7 Å². The highest BCUT2D eigenvalue weighted by molar-refractivity contribution is 5.92. The van der Waals surface area contributed by atoms with Gasteiger partial charge in [-0.3, -0.25) is 0 Å². The van der Waals surface area contributed by atoms with Crippen molar-refractivity contribution in [2.75, 3.05) is 45.7 Å². The molecule has 0 atom stereocenters. The molecule has 20 heavy (non-hydrogen) atoms. The van der Waals surface area contributed by atoms with E-state index in [1.165, 1.54) is 7.11 Å². The third-order valence-corrected chi connectivity index (χ3v) is 3.35. The van der Waals surface area contributed by atoms with Gasteiger partial charge in [0, 0.05) is 31.9 Å². The van der Waals surface area contributed by atoms with Crippen LogP contribution in [0.5, 0.6) is 0 Å². The second-order valence-corrected chi connectivity index (χ2v) is 4.79. The molecule has 6 heteroatoms. The smallest absolute Gasteiger partial charge is 0.337 e. The third kappa shape index (κ3) is 3.48. The first kappa shape index (κ1) is 14.3. The molecule has 0 bridgehead atoms. The van der Waals surface area contributed by atoms with Gasteiger partial charge >= 0.3 is 12.0 Å². The molecule has 2 rings (SSSR count). The van der Waals surface area contributed by atoms with Crippen molar-refractivity contribution in [1.82, 2.24) is 9.80 Å². The van der Waals surface area contributed by atoms with Gasteiger partial charge in [0.1, 0.15) is 0 Å². The molecule has 0 saturated carbocycles. The molecule has 0 radical (unpaired) electrons. The highest BCUT2D eigenvalue weighted by atomic mass is 16.5. The standard InChI is InChI=1S/C14H19N3O3/c1-16-7-9-17(10-8-16)14(19)15-12-5-3-11(4-6-12)13(18)20-2/h3-6H,7-10H2,1-2H3,(H,15,19). The quantitative estimate of drug-likeness (QED) is 0.827. The number of likely N-dealkylation sites (N-methyl/N-ethyl adjacent to an activating group) is 1. The van der Waals surface area contributed by atoms with Crippen LogP contribution >= 0.6 is 0 Å². The zero-order valence-corrected chi connectivity index (χ0v) is 11.8. The minimum absolute atomic E-state index is 0.107. The molecule has 1 N–H and O–H groups in total. The highest BCUT2D eigenvalue weighted by Gasteiger charge is 2.18. The number of rotatable bonds is 2. The molecule has 1 aliphatic rings. The van der Waals surface area contributed by atoms with Gasteiger partial charge in [-0.25, -0.2) is 9.59 Å². The summed E-state index contributed by atoms with van der Waals surface area (Å²) in [6.07, 6.45) is 0. The number of nitrogens with zero attached hydrogens (tertiary/aromatic N) is 2. The van der Waals surface area contributed by atoms with Gasteiger partial charge < -0.3 is 19.9 Å². The van der Waals surface area contributed by atoms with Gasteiger partial charge in [-0.15, -0.1) is 0 Å². The van der Waals surface area contributed by atoms with Gasteiger partial charge in [0.2, 0.25) is 0 Å². The van der Waals surface area contributed by atoms with Crippen molar-refractivity contribution in [3.8, 4) is 0 Å². The van der Waals surface area contributed by atoms with Crippen molar-refractivity contribution < 1.29 is 14.3 Å². The maximum Gasteiger partial charge on any atom is 0.337 e. The Labute approximate surface area is 118 Å². The summed E-state index contributed by atoms with van der Waals surface area (Å²) < 4.78 is 4.62. The van der Waals surface area contributed by atoms with Crippen molar-refractivity contribution in [1.29, 1.82) is 0 Å². The van der Waals surface area contributed by atoms with Crippen LogP contribution in [0.15, 0.2) is 24.3 Å². The summed E-state index contributed by atoms with van der Waals surface area (Å²) in [6, 6.07) is 6.54. The Morgan fingerprint density at radius 1 is 1.10 bits per heavy atom. The van der Waals surface area contributed by atoms with E-state index in [-0.39, 0.29) is 12.0 Å². The number of hydrogen-bond donors (Lipinski definition) is 1. The van der Waals surface area contributed by atoms with Crippen LogP contribution in [0.4, 0.5) is 10.5 Å². The van der Waals surface area contributed by atoms with Crippen molar-refractivity contribution in [3.63, 3.8) is 0 Å². The minimum Gasteiger partial charge on any atom is -0.465 e. The lowest BCUT2D eigenvalue weighted by atomic mass is 10.2. The molecule has 1 aromatic carbocycles. The summed E-state index contributed by atoms with van der Waals surface area (Å²) in [6.45, 7) is 3.22. The SMILES string of the molecule is COC(=O)c1ccc(NC(=O)N2CCN(C)CC2)cc1. The molecule has 1 aromatic rings. The minimum atomic E-state index is -0.387. The van der Waals surface area contributed by atoms with Crippen molar-refractivity contribution in [3.05, 3.63) is 29.8 Å². The number of carbonyl (C=O) groups excluding carboxylic acids is 2. The number of anilines is 1. The Balaban J connectivity index is 1.92. The van der Waals surface area contributed by atoms with Crippen LogP contribution in [0.2, 0.25) is 0 Å². The molecular formula is C14H19N3O3. The zero-order chi connectivity index (χ0) is 14.5. The van der Waals surface area contributed by atoms with Crippen molar-refractivity contribution >= 4 is 17.7 Å². The maximum atomic E-state index is 12.1. The van der Waals surface area contributed by atoms with Crippen LogP contribution in [-0.4, -0.2) is 62.1 Å². The summed E-state index contributed by atoms with van der Waals surface area (Å²) in [7, 11) is 3.38. The summed E-state index contributed by atoms with van der Waals surface area (Å²) >= 11 is 0. The van der Waals surface area contributed by atoms with Gasteiger partial charge in [-0.1, -0.05) is 0 Å². The molecule has 6 nitrogen and oxygen atoms in total. The lowest BCUT2D eigenvalue weighted by molar-refractivity contribution is 0.0601. The number of urea groups is 1. The summed E-state index contributed by atoms with van der Waals surface area (Å²) in [5, 5.41) is 2.83. The first-order valence-electron chi connectivity index (χ1n) is 6.53. The predicted molar refractivity (Wildman–Crippen MR) is 75.9 cm³/mol. The molecule has 1 heterocycles. The van der Waals surface area contributed by atoms with Gasteiger partial charge in [0.25, 0.3) is 0 Å². The van der Waals surface area contributed by atoms with Gasteiger partial charge in [-0.05, 0) is 31.3 Å². The van der Waals surface area contributed by atoms with Crippen LogP contribution in [0.1, 0.15) is 10.4 Å².